The third-order valence-corrected chi connectivity index (χ3v) is 5.50. The number of carbonyl (C=O) groups excluding carboxylic acids is 2. The highest BCUT2D eigenvalue weighted by Gasteiger charge is 2.10. The highest BCUT2D eigenvalue weighted by Crippen LogP contribution is 2.21. The van der Waals surface area contributed by atoms with Crippen LogP contribution in [-0.2, 0) is 0 Å². The molecule has 3 aromatic carbocycles. The van der Waals surface area contributed by atoms with Gasteiger partial charge in [-0.3, -0.25) is 9.98 Å². The van der Waals surface area contributed by atoms with E-state index in [1.165, 1.54) is 0 Å². The van der Waals surface area contributed by atoms with Crippen molar-refractivity contribution in [2.24, 2.45) is 9.98 Å². The van der Waals surface area contributed by atoms with Gasteiger partial charge in [0, 0.05) is 62.1 Å². The Bertz CT molecular complexity index is 1310. The second-order valence-electron chi connectivity index (χ2n) is 7.99. The Morgan fingerprint density at radius 2 is 0.974 bits per heavy atom. The van der Waals surface area contributed by atoms with Crippen molar-refractivity contribution in [3.05, 3.63) is 83.4 Å². The van der Waals surface area contributed by atoms with Crippen LogP contribution >= 0.6 is 24.8 Å². The highest BCUT2D eigenvalue weighted by molar-refractivity contribution is 6.04. The van der Waals surface area contributed by atoms with Gasteiger partial charge in [0.15, 0.2) is 0 Å². The van der Waals surface area contributed by atoms with Crippen LogP contribution < -0.4 is 31.9 Å². The summed E-state index contributed by atoms with van der Waals surface area (Å²) in [6.45, 7) is 1.87. The molecule has 39 heavy (non-hydrogen) atoms. The Labute approximate surface area is 241 Å². The molecule has 0 aliphatic heterocycles. The van der Waals surface area contributed by atoms with Gasteiger partial charge in [0.1, 0.15) is 11.7 Å². The van der Waals surface area contributed by atoms with E-state index in [-0.39, 0.29) is 24.8 Å². The highest BCUT2D eigenvalue weighted by atomic mass is 35.5. The van der Waals surface area contributed by atoms with Gasteiger partial charge in [-0.05, 0) is 73.2 Å². The number of hydrogen-bond acceptors (Lipinski definition) is 4. The minimum absolute atomic E-state index is 0. The molecule has 0 aliphatic rings. The first-order valence-electron chi connectivity index (χ1n) is 11.6. The molecule has 0 radical (unpaired) electrons. The standard InChI is InChI=1S/C27H32N8O2.2ClH/c1-17-6-11-22(34-26(36)32-20-12-7-18(8-13-20)24(28-2)29-3)16-23(17)35-27(37)33-21-14-9-19(10-15-21)25(30-4)31-5;;/h6-16H,1-5H3,(H,28,29)(H,30,31)(H2,32,34,36)(H2,33,35,37);2*1H. The van der Waals surface area contributed by atoms with Gasteiger partial charge < -0.3 is 31.9 Å². The van der Waals surface area contributed by atoms with Crippen LogP contribution in [0, 0.1) is 6.92 Å². The topological polar surface area (TPSA) is 131 Å². The quantitative estimate of drug-likeness (QED) is 0.176. The monoisotopic (exact) mass is 572 g/mol. The number of halogens is 2. The van der Waals surface area contributed by atoms with Gasteiger partial charge in [-0.2, -0.15) is 0 Å². The van der Waals surface area contributed by atoms with Gasteiger partial charge in [0.2, 0.25) is 0 Å². The molecule has 0 spiro atoms. The predicted molar refractivity (Wildman–Crippen MR) is 167 cm³/mol. The van der Waals surface area contributed by atoms with E-state index < -0.39 is 12.1 Å². The first kappa shape index (κ1) is 32.7. The number of amidine groups is 2. The van der Waals surface area contributed by atoms with Crippen LogP contribution in [0.15, 0.2) is 76.7 Å². The summed E-state index contributed by atoms with van der Waals surface area (Å²) in [7, 11) is 7.02. The Morgan fingerprint density at radius 3 is 1.38 bits per heavy atom. The molecule has 10 nitrogen and oxygen atoms in total. The molecule has 0 unspecified atom stereocenters. The number of carbonyl (C=O) groups is 2. The number of aryl methyl sites for hydroxylation is 1. The van der Waals surface area contributed by atoms with E-state index in [0.29, 0.717) is 22.7 Å². The van der Waals surface area contributed by atoms with Crippen molar-refractivity contribution in [2.75, 3.05) is 49.5 Å². The van der Waals surface area contributed by atoms with Gasteiger partial charge in [0.25, 0.3) is 0 Å². The fourth-order valence-corrected chi connectivity index (χ4v) is 3.61. The molecule has 0 atom stereocenters. The number of benzene rings is 3. The number of nitrogens with one attached hydrogen (secondary N) is 6. The van der Waals surface area contributed by atoms with Crippen molar-refractivity contribution < 1.29 is 9.59 Å². The van der Waals surface area contributed by atoms with Crippen molar-refractivity contribution in [1.29, 1.82) is 0 Å². The molecule has 0 saturated heterocycles. The minimum Gasteiger partial charge on any atom is -0.373 e. The fourth-order valence-electron chi connectivity index (χ4n) is 3.61. The zero-order valence-electron chi connectivity index (χ0n) is 22.4. The lowest BCUT2D eigenvalue weighted by Crippen LogP contribution is -2.22. The Morgan fingerprint density at radius 1 is 0.590 bits per heavy atom. The van der Waals surface area contributed by atoms with Crippen LogP contribution in [0.4, 0.5) is 32.3 Å². The van der Waals surface area contributed by atoms with E-state index in [0.717, 1.165) is 28.4 Å². The molecule has 0 aromatic heterocycles. The van der Waals surface area contributed by atoms with Crippen LogP contribution in [0.1, 0.15) is 16.7 Å². The number of urea groups is 2. The molecule has 0 heterocycles. The van der Waals surface area contributed by atoms with E-state index in [4.69, 9.17) is 0 Å². The average Bonchev–Trinajstić information content (AvgIpc) is 2.89. The number of nitrogens with zero attached hydrogens (tertiary/aromatic N) is 2. The van der Waals surface area contributed by atoms with E-state index in [9.17, 15) is 9.59 Å². The first-order valence-corrected chi connectivity index (χ1v) is 11.6. The summed E-state index contributed by atoms with van der Waals surface area (Å²) >= 11 is 0. The Kier molecular flexibility index (Phi) is 13.3. The van der Waals surface area contributed by atoms with E-state index in [1.54, 1.807) is 64.6 Å². The van der Waals surface area contributed by atoms with Crippen LogP contribution in [0.5, 0.6) is 0 Å². The lowest BCUT2D eigenvalue weighted by Gasteiger charge is -2.13. The zero-order chi connectivity index (χ0) is 26.8. The molecule has 6 N–H and O–H groups in total. The van der Waals surface area contributed by atoms with Crippen LogP contribution in [-0.4, -0.2) is 51.9 Å². The maximum absolute atomic E-state index is 12.6. The molecule has 0 aliphatic carbocycles. The van der Waals surface area contributed by atoms with E-state index in [1.807, 2.05) is 37.3 Å². The number of hydrogen-bond donors (Lipinski definition) is 6. The van der Waals surface area contributed by atoms with Gasteiger partial charge >= 0.3 is 12.1 Å². The average molecular weight is 574 g/mol. The third kappa shape index (κ3) is 9.20. The number of aliphatic imine (C=N–C) groups is 2. The fraction of sp³-hybridized carbons (Fsp3) is 0.185. The summed E-state index contributed by atoms with van der Waals surface area (Å²) < 4.78 is 0. The van der Waals surface area contributed by atoms with Gasteiger partial charge in [0.05, 0.1) is 0 Å². The molecular formula is C27H34Cl2N8O2. The van der Waals surface area contributed by atoms with Crippen LogP contribution in [0.3, 0.4) is 0 Å². The molecular weight excluding hydrogens is 539 g/mol. The third-order valence-electron chi connectivity index (χ3n) is 5.50. The van der Waals surface area contributed by atoms with Crippen LogP contribution in [0.2, 0.25) is 0 Å². The Balaban J connectivity index is 0.00000380. The molecule has 3 rings (SSSR count). The van der Waals surface area contributed by atoms with Crippen molar-refractivity contribution >= 4 is 71.3 Å². The maximum atomic E-state index is 12.6. The lowest BCUT2D eigenvalue weighted by molar-refractivity contribution is 0.261. The molecule has 12 heteroatoms. The SMILES string of the molecule is CN=C(NC)c1ccc(NC(=O)Nc2ccc(C)c(NC(=O)Nc3ccc(C(=NC)NC)cc3)c2)cc1.Cl.Cl. The Hall–Kier alpha value is -4.28. The summed E-state index contributed by atoms with van der Waals surface area (Å²) in [5.41, 5.74) is 5.06. The number of amides is 4. The first-order chi connectivity index (χ1) is 17.9. The van der Waals surface area contributed by atoms with Gasteiger partial charge in [-0.25, -0.2) is 9.59 Å². The van der Waals surface area contributed by atoms with Gasteiger partial charge in [-0.15, -0.1) is 24.8 Å². The lowest BCUT2D eigenvalue weighted by atomic mass is 10.1. The number of rotatable bonds is 6. The van der Waals surface area contributed by atoms with Gasteiger partial charge in [-0.1, -0.05) is 6.07 Å². The summed E-state index contributed by atoms with van der Waals surface area (Å²) in [5, 5.41) is 17.3. The predicted octanol–water partition coefficient (Wildman–Crippen LogP) is 5.32. The van der Waals surface area contributed by atoms with Crippen LogP contribution in [0.25, 0.3) is 0 Å². The smallest absolute Gasteiger partial charge is 0.323 e. The molecule has 208 valence electrons. The normalized spacial score (nSPS) is 10.8. The molecule has 3 aromatic rings. The molecule has 0 saturated carbocycles. The molecule has 4 amide bonds. The van der Waals surface area contributed by atoms with E-state index in [2.05, 4.69) is 41.9 Å². The summed E-state index contributed by atoms with van der Waals surface area (Å²) in [5.74, 6) is 1.51. The second kappa shape index (κ2) is 15.9. The van der Waals surface area contributed by atoms with Crippen molar-refractivity contribution in [3.63, 3.8) is 0 Å². The largest absolute Gasteiger partial charge is 0.373 e. The second-order valence-corrected chi connectivity index (χ2v) is 7.99. The number of anilines is 4. The maximum Gasteiger partial charge on any atom is 0.323 e. The minimum atomic E-state index is -0.401. The van der Waals surface area contributed by atoms with E-state index >= 15 is 0 Å². The van der Waals surface area contributed by atoms with Crippen molar-refractivity contribution in [1.82, 2.24) is 10.6 Å². The zero-order valence-corrected chi connectivity index (χ0v) is 24.0. The summed E-state index contributed by atoms with van der Waals surface area (Å²) in [4.78, 5) is 33.4. The summed E-state index contributed by atoms with van der Waals surface area (Å²) in [6.07, 6.45) is 0. The van der Waals surface area contributed by atoms with Crippen molar-refractivity contribution in [2.45, 2.75) is 6.92 Å². The molecule has 0 fully saturated rings. The summed E-state index contributed by atoms with van der Waals surface area (Å²) in [6, 6.07) is 19.2. The van der Waals surface area contributed by atoms with Crippen molar-refractivity contribution in [3.8, 4) is 0 Å². The molecule has 0 bridgehead atoms.